The number of aliphatic imine (C=N–C) groups is 1. The van der Waals surface area contributed by atoms with Gasteiger partial charge < -0.3 is 4.90 Å². The fourth-order valence-corrected chi connectivity index (χ4v) is 7.56. The number of halogens is 1. The highest BCUT2D eigenvalue weighted by Crippen LogP contribution is 2.41. The molecule has 5 nitrogen and oxygen atoms in total. The smallest absolute Gasteiger partial charge is 0.252 e. The van der Waals surface area contributed by atoms with E-state index in [1.165, 1.54) is 17.8 Å². The van der Waals surface area contributed by atoms with E-state index in [0.29, 0.717) is 5.17 Å². The molecule has 2 fully saturated rings. The third-order valence-corrected chi connectivity index (χ3v) is 8.05. The van der Waals surface area contributed by atoms with Gasteiger partial charge in [0.25, 0.3) is 5.91 Å². The van der Waals surface area contributed by atoms with Crippen molar-refractivity contribution in [1.29, 1.82) is 0 Å². The molecule has 2 aromatic carbocycles. The van der Waals surface area contributed by atoms with Crippen LogP contribution < -0.4 is 4.90 Å². The molecule has 2 saturated heterocycles. The number of rotatable bonds is 3. The standard InChI is InChI=1S/C20H19FN2O3S2/c1-13-5-4-6-14(9-13)10-19(24)22-20-23(16-8-3-2-7-15(16)21)17-11-28(25,26)12-18(17)27-20/h2-9,17-18H,10-12H2,1H3/t17-,18+/m1/s1. The van der Waals surface area contributed by atoms with Gasteiger partial charge in [-0.05, 0) is 24.6 Å². The third kappa shape index (κ3) is 3.84. The minimum absolute atomic E-state index is 0.0123. The Balaban J connectivity index is 1.66. The number of benzene rings is 2. The van der Waals surface area contributed by atoms with Gasteiger partial charge in [0.05, 0.1) is 29.7 Å². The maximum Gasteiger partial charge on any atom is 0.252 e. The molecule has 2 atom stereocenters. The van der Waals surface area contributed by atoms with Crippen molar-refractivity contribution in [1.82, 2.24) is 0 Å². The number of anilines is 1. The van der Waals surface area contributed by atoms with Gasteiger partial charge in [0.2, 0.25) is 0 Å². The summed E-state index contributed by atoms with van der Waals surface area (Å²) >= 11 is 1.25. The first kappa shape index (κ1) is 19.1. The molecular weight excluding hydrogens is 399 g/mol. The van der Waals surface area contributed by atoms with Crippen LogP contribution in [-0.2, 0) is 21.1 Å². The lowest BCUT2D eigenvalue weighted by Crippen LogP contribution is -2.38. The Morgan fingerprint density at radius 3 is 2.75 bits per heavy atom. The van der Waals surface area contributed by atoms with Gasteiger partial charge in [0, 0.05) is 5.25 Å². The zero-order valence-corrected chi connectivity index (χ0v) is 16.8. The van der Waals surface area contributed by atoms with E-state index in [9.17, 15) is 17.6 Å². The van der Waals surface area contributed by atoms with Crippen LogP contribution >= 0.6 is 11.8 Å². The molecule has 0 saturated carbocycles. The molecule has 0 spiro atoms. The van der Waals surface area contributed by atoms with Crippen molar-refractivity contribution in [2.75, 3.05) is 16.4 Å². The maximum atomic E-state index is 14.5. The van der Waals surface area contributed by atoms with Crippen molar-refractivity contribution in [3.05, 3.63) is 65.5 Å². The summed E-state index contributed by atoms with van der Waals surface area (Å²) < 4.78 is 38.6. The number of hydrogen-bond donors (Lipinski definition) is 0. The molecule has 0 N–H and O–H groups in total. The summed E-state index contributed by atoms with van der Waals surface area (Å²) in [6.07, 6.45) is 0.143. The first-order chi connectivity index (χ1) is 13.3. The number of para-hydroxylation sites is 1. The molecule has 146 valence electrons. The van der Waals surface area contributed by atoms with Crippen LogP contribution in [0.2, 0.25) is 0 Å². The van der Waals surface area contributed by atoms with Crippen LogP contribution in [0.5, 0.6) is 0 Å². The minimum atomic E-state index is -3.19. The number of carbonyl (C=O) groups excluding carboxylic acids is 1. The van der Waals surface area contributed by atoms with Crippen LogP contribution in [0.3, 0.4) is 0 Å². The van der Waals surface area contributed by atoms with E-state index in [-0.39, 0.29) is 34.8 Å². The van der Waals surface area contributed by atoms with Crippen LogP contribution in [0.1, 0.15) is 11.1 Å². The Bertz CT molecular complexity index is 1070. The molecule has 0 aromatic heterocycles. The van der Waals surface area contributed by atoms with Gasteiger partial charge in [-0.15, -0.1) is 0 Å². The zero-order valence-electron chi connectivity index (χ0n) is 15.2. The molecule has 28 heavy (non-hydrogen) atoms. The van der Waals surface area contributed by atoms with Crippen molar-refractivity contribution in [3.8, 4) is 0 Å². The summed E-state index contributed by atoms with van der Waals surface area (Å²) in [6.45, 7) is 1.95. The molecule has 2 aromatic rings. The molecule has 8 heteroatoms. The average Bonchev–Trinajstić information content (AvgIpc) is 3.06. The molecule has 2 heterocycles. The van der Waals surface area contributed by atoms with Gasteiger partial charge in [0.15, 0.2) is 15.0 Å². The molecule has 2 aliphatic heterocycles. The van der Waals surface area contributed by atoms with E-state index in [2.05, 4.69) is 4.99 Å². The lowest BCUT2D eigenvalue weighted by atomic mass is 10.1. The number of amidine groups is 1. The number of hydrogen-bond acceptors (Lipinski definition) is 4. The number of nitrogens with zero attached hydrogens (tertiary/aromatic N) is 2. The first-order valence-electron chi connectivity index (χ1n) is 8.90. The van der Waals surface area contributed by atoms with Gasteiger partial charge >= 0.3 is 0 Å². The molecule has 0 radical (unpaired) electrons. The van der Waals surface area contributed by atoms with Gasteiger partial charge in [-0.25, -0.2) is 12.8 Å². The van der Waals surface area contributed by atoms with Crippen molar-refractivity contribution in [3.63, 3.8) is 0 Å². The summed E-state index contributed by atoms with van der Waals surface area (Å²) in [5, 5.41) is 0.114. The number of thioether (sulfide) groups is 1. The molecule has 4 rings (SSSR count). The van der Waals surface area contributed by atoms with E-state index in [4.69, 9.17) is 0 Å². The fourth-order valence-electron chi connectivity index (χ4n) is 3.64. The van der Waals surface area contributed by atoms with E-state index < -0.39 is 21.7 Å². The van der Waals surface area contributed by atoms with Crippen molar-refractivity contribution >= 4 is 38.4 Å². The normalized spacial score (nSPS) is 24.5. The summed E-state index contributed by atoms with van der Waals surface area (Å²) in [6, 6.07) is 13.4. The minimum Gasteiger partial charge on any atom is -0.313 e. The fraction of sp³-hybridized carbons (Fsp3) is 0.300. The second kappa shape index (κ2) is 7.33. The average molecular weight is 419 g/mol. The second-order valence-corrected chi connectivity index (χ2v) is 10.4. The monoisotopic (exact) mass is 418 g/mol. The Morgan fingerprint density at radius 1 is 1.21 bits per heavy atom. The molecule has 0 aliphatic carbocycles. The van der Waals surface area contributed by atoms with Crippen LogP contribution in [0.15, 0.2) is 53.5 Å². The van der Waals surface area contributed by atoms with Crippen LogP contribution in [0.4, 0.5) is 10.1 Å². The van der Waals surface area contributed by atoms with E-state index >= 15 is 0 Å². The van der Waals surface area contributed by atoms with Crippen molar-refractivity contribution < 1.29 is 17.6 Å². The summed E-state index contributed by atoms with van der Waals surface area (Å²) in [5.74, 6) is -0.855. The highest BCUT2D eigenvalue weighted by molar-refractivity contribution is 8.16. The highest BCUT2D eigenvalue weighted by Gasteiger charge is 2.49. The SMILES string of the molecule is Cc1cccc(CC(=O)N=C2S[C@H]3CS(=O)(=O)C[C@H]3N2c2ccccc2F)c1. The highest BCUT2D eigenvalue weighted by atomic mass is 32.2. The van der Waals surface area contributed by atoms with E-state index in [1.54, 1.807) is 23.1 Å². The molecule has 0 unspecified atom stereocenters. The maximum absolute atomic E-state index is 14.5. The number of carbonyl (C=O) groups is 1. The molecular formula is C20H19FN2O3S2. The van der Waals surface area contributed by atoms with Crippen LogP contribution in [-0.4, -0.2) is 42.3 Å². The lowest BCUT2D eigenvalue weighted by molar-refractivity contribution is -0.117. The lowest BCUT2D eigenvalue weighted by Gasteiger charge is -2.24. The quantitative estimate of drug-likeness (QED) is 0.767. The van der Waals surface area contributed by atoms with Gasteiger partial charge in [-0.2, -0.15) is 4.99 Å². The predicted molar refractivity (Wildman–Crippen MR) is 110 cm³/mol. The Labute approximate surface area is 167 Å². The summed E-state index contributed by atoms with van der Waals surface area (Å²) in [4.78, 5) is 18.4. The molecule has 1 amide bonds. The van der Waals surface area contributed by atoms with Crippen LogP contribution in [0, 0.1) is 12.7 Å². The third-order valence-electron chi connectivity index (χ3n) is 4.84. The number of fused-ring (bicyclic) bond motifs is 1. The van der Waals surface area contributed by atoms with Gasteiger partial charge in [-0.3, -0.25) is 4.79 Å². The molecule has 2 aliphatic rings. The van der Waals surface area contributed by atoms with Gasteiger partial charge in [-0.1, -0.05) is 53.7 Å². The summed E-state index contributed by atoms with van der Waals surface area (Å²) in [7, 11) is -3.19. The Morgan fingerprint density at radius 2 is 2.00 bits per heavy atom. The van der Waals surface area contributed by atoms with E-state index in [1.807, 2.05) is 31.2 Å². The number of sulfone groups is 1. The van der Waals surface area contributed by atoms with Crippen molar-refractivity contribution in [2.45, 2.75) is 24.6 Å². The number of amides is 1. The van der Waals surface area contributed by atoms with Gasteiger partial charge in [0.1, 0.15) is 5.82 Å². The largest absolute Gasteiger partial charge is 0.313 e. The predicted octanol–water partition coefficient (Wildman–Crippen LogP) is 2.98. The Hall–Kier alpha value is -2.19. The summed E-state index contributed by atoms with van der Waals surface area (Å²) in [5.41, 5.74) is 2.17. The van der Waals surface area contributed by atoms with E-state index in [0.717, 1.165) is 11.1 Å². The number of aryl methyl sites for hydroxylation is 1. The zero-order chi connectivity index (χ0) is 19.9. The van der Waals surface area contributed by atoms with Crippen LogP contribution in [0.25, 0.3) is 0 Å². The topological polar surface area (TPSA) is 66.8 Å². The second-order valence-electron chi connectivity index (χ2n) is 7.08. The first-order valence-corrected chi connectivity index (χ1v) is 11.6. The van der Waals surface area contributed by atoms with Crippen molar-refractivity contribution in [2.24, 2.45) is 4.99 Å². The molecule has 0 bridgehead atoms. The Kier molecular flexibility index (Phi) is 5.01.